The molecule has 2 aromatic carbocycles. The Labute approximate surface area is 166 Å². The Hall–Kier alpha value is -3.08. The van der Waals surface area contributed by atoms with E-state index in [1.54, 1.807) is 0 Å². The van der Waals surface area contributed by atoms with Crippen molar-refractivity contribution < 1.29 is 9.53 Å². The summed E-state index contributed by atoms with van der Waals surface area (Å²) in [4.78, 5) is 12.7. The second-order valence-electron chi connectivity index (χ2n) is 7.11. The Kier molecular flexibility index (Phi) is 6.14. The van der Waals surface area contributed by atoms with Crippen LogP contribution in [0.3, 0.4) is 0 Å². The lowest BCUT2D eigenvalue weighted by Gasteiger charge is -2.13. The average Bonchev–Trinajstić information content (AvgIpc) is 3.04. The molecule has 5 nitrogen and oxygen atoms in total. The standard InChI is InChI=1S/C23H27N3O2/c1-5-28-20-12-8-18(9-13-20)14-16(3)23(27)24-22-21(17(4)25-26-22)19-10-6-15(2)7-11-19/h6-13,16H,5,14H2,1-4H3,(H2,24,25,26,27). The summed E-state index contributed by atoms with van der Waals surface area (Å²) in [6, 6.07) is 16.1. The first kappa shape index (κ1) is 19.7. The van der Waals surface area contributed by atoms with Crippen molar-refractivity contribution in [2.75, 3.05) is 11.9 Å². The highest BCUT2D eigenvalue weighted by Crippen LogP contribution is 2.30. The molecule has 1 unspecified atom stereocenters. The van der Waals surface area contributed by atoms with Gasteiger partial charge in [-0.15, -0.1) is 0 Å². The minimum absolute atomic E-state index is 0.0475. The van der Waals surface area contributed by atoms with Crippen molar-refractivity contribution in [2.45, 2.75) is 34.1 Å². The molecule has 1 heterocycles. The number of rotatable bonds is 7. The monoisotopic (exact) mass is 377 g/mol. The average molecular weight is 377 g/mol. The first-order chi connectivity index (χ1) is 13.5. The van der Waals surface area contributed by atoms with Gasteiger partial charge < -0.3 is 10.1 Å². The molecule has 2 N–H and O–H groups in total. The van der Waals surface area contributed by atoms with Crippen LogP contribution in [0.2, 0.25) is 0 Å². The van der Waals surface area contributed by atoms with E-state index in [-0.39, 0.29) is 11.8 Å². The molecule has 146 valence electrons. The predicted molar refractivity (Wildman–Crippen MR) is 113 cm³/mol. The Morgan fingerprint density at radius 2 is 1.79 bits per heavy atom. The minimum atomic E-state index is -0.180. The summed E-state index contributed by atoms with van der Waals surface area (Å²) >= 11 is 0. The van der Waals surface area contributed by atoms with Crippen LogP contribution in [-0.2, 0) is 11.2 Å². The largest absolute Gasteiger partial charge is 0.494 e. The van der Waals surface area contributed by atoms with Gasteiger partial charge in [-0.05, 0) is 50.5 Å². The molecule has 0 bridgehead atoms. The van der Waals surface area contributed by atoms with Gasteiger partial charge in [0.1, 0.15) is 5.75 Å². The highest BCUT2D eigenvalue weighted by molar-refractivity contribution is 5.95. The van der Waals surface area contributed by atoms with Crippen LogP contribution in [-0.4, -0.2) is 22.7 Å². The van der Waals surface area contributed by atoms with Crippen molar-refractivity contribution in [1.29, 1.82) is 0 Å². The van der Waals surface area contributed by atoms with Crippen molar-refractivity contribution in [2.24, 2.45) is 5.92 Å². The number of nitrogens with zero attached hydrogens (tertiary/aromatic N) is 1. The van der Waals surface area contributed by atoms with Crippen molar-refractivity contribution in [1.82, 2.24) is 10.2 Å². The summed E-state index contributed by atoms with van der Waals surface area (Å²) in [6.45, 7) is 8.54. The number of benzene rings is 2. The SMILES string of the molecule is CCOc1ccc(CC(C)C(=O)Nc2n[nH]c(C)c2-c2ccc(C)cc2)cc1. The number of ether oxygens (including phenoxy) is 1. The first-order valence-corrected chi connectivity index (χ1v) is 9.62. The molecule has 0 spiro atoms. The fourth-order valence-electron chi connectivity index (χ4n) is 3.17. The molecule has 5 heteroatoms. The number of aromatic amines is 1. The van der Waals surface area contributed by atoms with Crippen LogP contribution in [0.25, 0.3) is 11.1 Å². The topological polar surface area (TPSA) is 67.0 Å². The van der Waals surface area contributed by atoms with E-state index >= 15 is 0 Å². The number of H-pyrrole nitrogens is 1. The molecule has 0 aliphatic heterocycles. The Morgan fingerprint density at radius 1 is 1.11 bits per heavy atom. The smallest absolute Gasteiger partial charge is 0.228 e. The number of carbonyl (C=O) groups excluding carboxylic acids is 1. The summed E-state index contributed by atoms with van der Waals surface area (Å²) in [5.74, 6) is 1.19. The molecular formula is C23H27N3O2. The highest BCUT2D eigenvalue weighted by atomic mass is 16.5. The van der Waals surface area contributed by atoms with Gasteiger partial charge in [0.15, 0.2) is 5.82 Å². The lowest BCUT2D eigenvalue weighted by atomic mass is 10.00. The predicted octanol–water partition coefficient (Wildman–Crippen LogP) is 4.91. The van der Waals surface area contributed by atoms with Gasteiger partial charge in [-0.3, -0.25) is 9.89 Å². The fourth-order valence-corrected chi connectivity index (χ4v) is 3.17. The maximum atomic E-state index is 12.7. The molecule has 1 atom stereocenters. The van der Waals surface area contributed by atoms with Gasteiger partial charge in [0.05, 0.1) is 6.61 Å². The van der Waals surface area contributed by atoms with E-state index in [0.29, 0.717) is 18.8 Å². The van der Waals surface area contributed by atoms with Gasteiger partial charge in [0.2, 0.25) is 5.91 Å². The molecule has 0 aliphatic rings. The van der Waals surface area contributed by atoms with Crippen LogP contribution in [0.4, 0.5) is 5.82 Å². The zero-order chi connectivity index (χ0) is 20.1. The Balaban J connectivity index is 1.70. The molecule has 3 aromatic rings. The summed E-state index contributed by atoms with van der Waals surface area (Å²) in [5.41, 5.74) is 5.19. The Morgan fingerprint density at radius 3 is 2.43 bits per heavy atom. The fraction of sp³-hybridized carbons (Fsp3) is 0.304. The van der Waals surface area contributed by atoms with Crippen molar-refractivity contribution >= 4 is 11.7 Å². The van der Waals surface area contributed by atoms with E-state index in [1.165, 1.54) is 5.56 Å². The minimum Gasteiger partial charge on any atom is -0.494 e. The second kappa shape index (κ2) is 8.74. The third-order valence-electron chi connectivity index (χ3n) is 4.75. The van der Waals surface area contributed by atoms with Crippen molar-refractivity contribution in [3.63, 3.8) is 0 Å². The zero-order valence-electron chi connectivity index (χ0n) is 16.9. The van der Waals surface area contributed by atoms with Crippen LogP contribution in [0.15, 0.2) is 48.5 Å². The molecule has 28 heavy (non-hydrogen) atoms. The third-order valence-corrected chi connectivity index (χ3v) is 4.75. The van der Waals surface area contributed by atoms with E-state index in [1.807, 2.05) is 57.2 Å². The van der Waals surface area contributed by atoms with Gasteiger partial charge >= 0.3 is 0 Å². The molecule has 3 rings (SSSR count). The van der Waals surface area contributed by atoms with Gasteiger partial charge in [-0.1, -0.05) is 48.9 Å². The summed E-state index contributed by atoms with van der Waals surface area (Å²) < 4.78 is 5.47. The number of aromatic nitrogens is 2. The van der Waals surface area contributed by atoms with Gasteiger partial charge in [0, 0.05) is 17.2 Å². The normalized spacial score (nSPS) is 11.9. The molecular weight excluding hydrogens is 350 g/mol. The molecule has 1 amide bonds. The zero-order valence-corrected chi connectivity index (χ0v) is 16.9. The number of carbonyl (C=O) groups is 1. The number of aryl methyl sites for hydroxylation is 2. The van der Waals surface area contributed by atoms with Crippen LogP contribution in [0.1, 0.15) is 30.7 Å². The lowest BCUT2D eigenvalue weighted by Crippen LogP contribution is -2.22. The van der Waals surface area contributed by atoms with Gasteiger partial charge in [-0.2, -0.15) is 5.10 Å². The van der Waals surface area contributed by atoms with Crippen molar-refractivity contribution in [3.05, 3.63) is 65.4 Å². The Bertz CT molecular complexity index is 927. The maximum absolute atomic E-state index is 12.7. The maximum Gasteiger partial charge on any atom is 0.228 e. The summed E-state index contributed by atoms with van der Waals surface area (Å²) in [7, 11) is 0. The molecule has 0 aliphatic carbocycles. The first-order valence-electron chi connectivity index (χ1n) is 9.62. The van der Waals surface area contributed by atoms with Crippen molar-refractivity contribution in [3.8, 4) is 16.9 Å². The third kappa shape index (κ3) is 4.60. The lowest BCUT2D eigenvalue weighted by molar-refractivity contribution is -0.119. The summed E-state index contributed by atoms with van der Waals surface area (Å²) in [6.07, 6.45) is 0.654. The highest BCUT2D eigenvalue weighted by Gasteiger charge is 2.19. The molecule has 0 saturated carbocycles. The van der Waals surface area contributed by atoms with Crippen LogP contribution in [0.5, 0.6) is 5.75 Å². The number of anilines is 1. The van der Waals surface area contributed by atoms with E-state index in [4.69, 9.17) is 4.74 Å². The van der Waals surface area contributed by atoms with Crippen LogP contribution in [0, 0.1) is 19.8 Å². The molecule has 0 fully saturated rings. The van der Waals surface area contributed by atoms with Crippen LogP contribution >= 0.6 is 0 Å². The summed E-state index contributed by atoms with van der Waals surface area (Å²) in [5, 5.41) is 10.3. The molecule has 1 aromatic heterocycles. The van der Waals surface area contributed by atoms with E-state index in [2.05, 4.69) is 34.6 Å². The van der Waals surface area contributed by atoms with E-state index in [9.17, 15) is 4.79 Å². The number of nitrogens with one attached hydrogen (secondary N) is 2. The number of hydrogen-bond acceptors (Lipinski definition) is 3. The van der Waals surface area contributed by atoms with E-state index < -0.39 is 0 Å². The van der Waals surface area contributed by atoms with Gasteiger partial charge in [0.25, 0.3) is 0 Å². The number of amides is 1. The molecule has 0 saturated heterocycles. The quantitative estimate of drug-likeness (QED) is 0.615. The number of hydrogen-bond donors (Lipinski definition) is 2. The molecule has 0 radical (unpaired) electrons. The van der Waals surface area contributed by atoms with E-state index in [0.717, 1.165) is 28.1 Å². The van der Waals surface area contributed by atoms with Crippen LogP contribution < -0.4 is 10.1 Å². The second-order valence-corrected chi connectivity index (χ2v) is 7.11. The van der Waals surface area contributed by atoms with Gasteiger partial charge in [-0.25, -0.2) is 0 Å².